The number of nitrogens with zero attached hydrogens (tertiary/aromatic N) is 2. The van der Waals surface area contributed by atoms with Gasteiger partial charge < -0.3 is 28.9 Å². The first kappa shape index (κ1) is 54.0. The molecule has 0 amide bonds. The zero-order valence-electron chi connectivity index (χ0n) is 44.6. The van der Waals surface area contributed by atoms with Gasteiger partial charge in [0, 0.05) is 33.2 Å². The van der Waals surface area contributed by atoms with Crippen molar-refractivity contribution in [1.29, 1.82) is 0 Å². The summed E-state index contributed by atoms with van der Waals surface area (Å²) in [6.07, 6.45) is 37.1. The van der Waals surface area contributed by atoms with Crippen LogP contribution in [0.1, 0.15) is 205 Å². The molecule has 2 aromatic carbocycles. The molecule has 0 saturated carbocycles. The van der Waals surface area contributed by atoms with E-state index in [0.29, 0.717) is 26.4 Å². The number of rotatable bonds is 34. The van der Waals surface area contributed by atoms with Gasteiger partial charge in [-0.05, 0) is 111 Å². The molecular formula is C64H86N4O4. The number of hydrogen-bond acceptors (Lipinski definition) is 6. The summed E-state index contributed by atoms with van der Waals surface area (Å²) in [7, 11) is 0. The number of fused-ring (bicyclic) bond motifs is 8. The van der Waals surface area contributed by atoms with E-state index in [1.165, 1.54) is 103 Å². The monoisotopic (exact) mass is 975 g/mol. The molecule has 0 saturated heterocycles. The van der Waals surface area contributed by atoms with Crippen LogP contribution in [0.15, 0.2) is 72.8 Å². The van der Waals surface area contributed by atoms with Gasteiger partial charge in [-0.2, -0.15) is 0 Å². The molecule has 2 aliphatic rings. The first-order valence-corrected chi connectivity index (χ1v) is 28.5. The summed E-state index contributed by atoms with van der Waals surface area (Å²) in [5, 5.41) is 0. The molecule has 5 aromatic rings. The normalized spacial score (nSPS) is 11.9. The molecule has 0 unspecified atom stereocenters. The second-order valence-corrected chi connectivity index (χ2v) is 19.9. The Labute approximate surface area is 432 Å². The maximum atomic E-state index is 6.85. The average molecular weight is 975 g/mol. The van der Waals surface area contributed by atoms with Gasteiger partial charge in [0.1, 0.15) is 23.0 Å². The first-order chi connectivity index (χ1) is 35.6. The highest BCUT2D eigenvalue weighted by Gasteiger charge is 2.24. The van der Waals surface area contributed by atoms with Crippen LogP contribution >= 0.6 is 0 Å². The molecule has 7 rings (SSSR count). The minimum Gasteiger partial charge on any atom is -0.493 e. The predicted octanol–water partition coefficient (Wildman–Crippen LogP) is 18.9. The Morgan fingerprint density at radius 3 is 0.986 bits per heavy atom. The molecule has 2 aliphatic heterocycles. The molecule has 8 bridgehead atoms. The molecule has 3 aromatic heterocycles. The smallest absolute Gasteiger partial charge is 0.131 e. The van der Waals surface area contributed by atoms with Gasteiger partial charge in [-0.1, -0.05) is 168 Å². The number of ether oxygens (including phenoxy) is 4. The second-order valence-electron chi connectivity index (χ2n) is 19.9. The van der Waals surface area contributed by atoms with Crippen molar-refractivity contribution in [3.8, 4) is 45.3 Å². The van der Waals surface area contributed by atoms with Crippen LogP contribution in [-0.4, -0.2) is 46.4 Å². The molecule has 0 atom stereocenters. The van der Waals surface area contributed by atoms with Crippen molar-refractivity contribution in [1.82, 2.24) is 19.9 Å². The van der Waals surface area contributed by atoms with E-state index in [-0.39, 0.29) is 0 Å². The van der Waals surface area contributed by atoms with Crippen molar-refractivity contribution in [3.63, 3.8) is 0 Å². The van der Waals surface area contributed by atoms with E-state index in [4.69, 9.17) is 28.9 Å². The maximum Gasteiger partial charge on any atom is 0.131 e. The summed E-state index contributed by atoms with van der Waals surface area (Å²) in [6.45, 7) is 11.6. The lowest BCUT2D eigenvalue weighted by molar-refractivity contribution is 0.292. The van der Waals surface area contributed by atoms with Gasteiger partial charge in [0.15, 0.2) is 0 Å². The van der Waals surface area contributed by atoms with E-state index < -0.39 is 0 Å². The van der Waals surface area contributed by atoms with E-state index in [2.05, 4.69) is 135 Å². The predicted molar refractivity (Wildman–Crippen MR) is 305 cm³/mol. The third kappa shape index (κ3) is 16.1. The van der Waals surface area contributed by atoms with Crippen LogP contribution in [0.25, 0.3) is 68.6 Å². The third-order valence-electron chi connectivity index (χ3n) is 13.9. The number of unbranched alkanes of at least 4 members (excludes halogenated alkanes) is 20. The summed E-state index contributed by atoms with van der Waals surface area (Å²) in [6, 6.07) is 25.3. The molecular weight excluding hydrogens is 889 g/mol. The fourth-order valence-electron chi connectivity index (χ4n) is 9.85. The highest BCUT2D eigenvalue weighted by molar-refractivity contribution is 5.99. The SMILES string of the molecule is CCCCCCCCOc1cccc(OCCCCCCCC)c1-c1c2nc(cc3ccc(cc4nc(c(-c5c(OCCCCCCCC)cccc5OCCCCCCCC)c5ccc1[nH]5)C=C4)[nH]3)C=C2. The van der Waals surface area contributed by atoms with E-state index in [9.17, 15) is 0 Å². The Hall–Kier alpha value is -5.76. The lowest BCUT2D eigenvalue weighted by Crippen LogP contribution is -2.04. The lowest BCUT2D eigenvalue weighted by atomic mass is 10.0. The van der Waals surface area contributed by atoms with Gasteiger partial charge in [0.2, 0.25) is 0 Å². The lowest BCUT2D eigenvalue weighted by Gasteiger charge is -2.18. The molecule has 0 radical (unpaired) electrons. The van der Waals surface area contributed by atoms with Crippen LogP contribution in [0.2, 0.25) is 0 Å². The number of aromatic amines is 2. The van der Waals surface area contributed by atoms with Gasteiger partial charge in [-0.25, -0.2) is 9.97 Å². The quantitative estimate of drug-likeness (QED) is 0.0391. The Bertz CT molecular complexity index is 2390. The molecule has 5 heterocycles. The number of nitrogens with one attached hydrogen (secondary N) is 2. The van der Waals surface area contributed by atoms with Crippen LogP contribution < -0.4 is 18.9 Å². The fraction of sp³-hybridized carbons (Fsp3) is 0.500. The first-order valence-electron chi connectivity index (χ1n) is 28.5. The average Bonchev–Trinajstić information content (AvgIpc) is 4.24. The molecule has 72 heavy (non-hydrogen) atoms. The van der Waals surface area contributed by atoms with Crippen LogP contribution in [0, 0.1) is 0 Å². The zero-order valence-corrected chi connectivity index (χ0v) is 44.6. The van der Waals surface area contributed by atoms with E-state index in [0.717, 1.165) is 141 Å². The summed E-state index contributed by atoms with van der Waals surface area (Å²) < 4.78 is 27.4. The Morgan fingerprint density at radius 1 is 0.333 bits per heavy atom. The molecule has 8 nitrogen and oxygen atoms in total. The topological polar surface area (TPSA) is 94.3 Å². The van der Waals surface area contributed by atoms with E-state index in [1.807, 2.05) is 0 Å². The van der Waals surface area contributed by atoms with Gasteiger partial charge in [-0.3, -0.25) is 0 Å². The van der Waals surface area contributed by atoms with Gasteiger partial charge >= 0.3 is 0 Å². The number of benzene rings is 2. The highest BCUT2D eigenvalue weighted by atomic mass is 16.5. The van der Waals surface area contributed by atoms with Crippen molar-refractivity contribution in [2.45, 2.75) is 182 Å². The molecule has 0 aliphatic carbocycles. The minimum absolute atomic E-state index is 0.628. The van der Waals surface area contributed by atoms with Crippen LogP contribution in [0.4, 0.5) is 0 Å². The number of hydrogen-bond donors (Lipinski definition) is 2. The van der Waals surface area contributed by atoms with Crippen molar-refractivity contribution >= 4 is 46.4 Å². The number of aromatic nitrogens is 4. The third-order valence-corrected chi connectivity index (χ3v) is 13.9. The van der Waals surface area contributed by atoms with Gasteiger partial charge in [0.05, 0.1) is 60.3 Å². The molecule has 0 spiro atoms. The van der Waals surface area contributed by atoms with Crippen molar-refractivity contribution in [2.75, 3.05) is 26.4 Å². The maximum absolute atomic E-state index is 6.85. The standard InChI is InChI=1S/C64H86N4O4/c1-5-9-13-17-21-25-43-69-57-31-29-32-58(70-44-26-22-18-14-10-6-2)63(57)61-53-39-37-51(66-53)47-49-35-36-50(65-49)48-52-38-40-54(67-52)62(56-42-41-55(61)68-56)64-59(71-45-27-23-19-15-11-7-3)33-30-34-60(64)72-46-28-24-20-16-12-8-4/h29-42,47-48,65,68H,5-28,43-46H2,1-4H3. The number of H-pyrrole nitrogens is 2. The summed E-state index contributed by atoms with van der Waals surface area (Å²) in [4.78, 5) is 18.3. The summed E-state index contributed by atoms with van der Waals surface area (Å²) in [5.74, 6) is 3.20. The Balaban J connectivity index is 1.40. The van der Waals surface area contributed by atoms with Crippen molar-refractivity contribution in [3.05, 3.63) is 95.6 Å². The zero-order chi connectivity index (χ0) is 50.0. The summed E-state index contributed by atoms with van der Waals surface area (Å²) in [5.41, 5.74) is 10.8. The second kappa shape index (κ2) is 30.3. The van der Waals surface area contributed by atoms with Gasteiger partial charge in [-0.15, -0.1) is 0 Å². The van der Waals surface area contributed by atoms with Crippen LogP contribution in [0.3, 0.4) is 0 Å². The van der Waals surface area contributed by atoms with Gasteiger partial charge in [0.25, 0.3) is 0 Å². The van der Waals surface area contributed by atoms with E-state index in [1.54, 1.807) is 0 Å². The Morgan fingerprint density at radius 2 is 0.653 bits per heavy atom. The summed E-state index contributed by atoms with van der Waals surface area (Å²) >= 11 is 0. The molecule has 8 heteroatoms. The largest absolute Gasteiger partial charge is 0.493 e. The fourth-order valence-corrected chi connectivity index (χ4v) is 9.85. The Kier molecular flexibility index (Phi) is 22.7. The minimum atomic E-state index is 0.628. The highest BCUT2D eigenvalue weighted by Crippen LogP contribution is 2.46. The molecule has 2 N–H and O–H groups in total. The van der Waals surface area contributed by atoms with Crippen molar-refractivity contribution < 1.29 is 18.9 Å². The van der Waals surface area contributed by atoms with Crippen molar-refractivity contribution in [2.24, 2.45) is 0 Å². The molecule has 0 fully saturated rings. The van der Waals surface area contributed by atoms with E-state index >= 15 is 0 Å². The molecule has 386 valence electrons. The van der Waals surface area contributed by atoms with Crippen LogP contribution in [-0.2, 0) is 0 Å². The van der Waals surface area contributed by atoms with Crippen LogP contribution in [0.5, 0.6) is 23.0 Å².